The van der Waals surface area contributed by atoms with Crippen LogP contribution in [0.15, 0.2) is 24.3 Å². The van der Waals surface area contributed by atoms with Gasteiger partial charge in [0.05, 0.1) is 0 Å². The highest BCUT2D eigenvalue weighted by Gasteiger charge is 2.10. The Labute approximate surface area is 95.8 Å². The van der Waals surface area contributed by atoms with E-state index in [1.807, 2.05) is 26.0 Å². The molecular formula is C10H15Cl2NO. The highest BCUT2D eigenvalue weighted by molar-refractivity contribution is 6.30. The fraction of sp³-hybridized carbons (Fsp3) is 0.400. The van der Waals surface area contributed by atoms with Crippen LogP contribution < -0.4 is 10.5 Å². The van der Waals surface area contributed by atoms with Gasteiger partial charge in [0, 0.05) is 10.6 Å². The molecule has 0 unspecified atom stereocenters. The molecule has 2 nitrogen and oxygen atoms in total. The molecular weight excluding hydrogens is 221 g/mol. The summed E-state index contributed by atoms with van der Waals surface area (Å²) in [5.74, 6) is 0.794. The molecule has 0 aliphatic carbocycles. The van der Waals surface area contributed by atoms with Gasteiger partial charge in [0.25, 0.3) is 0 Å². The molecule has 2 N–H and O–H groups in total. The first-order valence-electron chi connectivity index (χ1n) is 4.15. The fourth-order valence-corrected chi connectivity index (χ4v) is 0.926. The van der Waals surface area contributed by atoms with Crippen molar-refractivity contribution in [2.45, 2.75) is 19.4 Å². The molecule has 0 aliphatic rings. The van der Waals surface area contributed by atoms with Gasteiger partial charge in [-0.25, -0.2) is 0 Å². The molecule has 0 heterocycles. The topological polar surface area (TPSA) is 35.2 Å². The van der Waals surface area contributed by atoms with Gasteiger partial charge in [-0.3, -0.25) is 0 Å². The first-order chi connectivity index (χ1) is 5.97. The monoisotopic (exact) mass is 235 g/mol. The van der Waals surface area contributed by atoms with Crippen LogP contribution in [0.5, 0.6) is 5.75 Å². The van der Waals surface area contributed by atoms with Crippen molar-refractivity contribution in [2.24, 2.45) is 5.73 Å². The normalized spacial score (nSPS) is 10.6. The third kappa shape index (κ3) is 5.32. The van der Waals surface area contributed by atoms with Crippen molar-refractivity contribution in [1.29, 1.82) is 0 Å². The molecule has 0 aliphatic heterocycles. The second kappa shape index (κ2) is 5.44. The number of halogens is 2. The number of ether oxygens (including phenoxy) is 1. The van der Waals surface area contributed by atoms with Crippen LogP contribution in [0.3, 0.4) is 0 Å². The van der Waals surface area contributed by atoms with Crippen molar-refractivity contribution < 1.29 is 4.74 Å². The summed E-state index contributed by atoms with van der Waals surface area (Å²) in [4.78, 5) is 0. The maximum atomic E-state index is 5.76. The summed E-state index contributed by atoms with van der Waals surface area (Å²) in [7, 11) is 0. The van der Waals surface area contributed by atoms with Crippen LogP contribution in [0.1, 0.15) is 13.8 Å². The highest BCUT2D eigenvalue weighted by atomic mass is 35.5. The van der Waals surface area contributed by atoms with E-state index in [-0.39, 0.29) is 17.9 Å². The van der Waals surface area contributed by atoms with Crippen molar-refractivity contribution in [2.75, 3.05) is 6.61 Å². The van der Waals surface area contributed by atoms with E-state index >= 15 is 0 Å². The Balaban J connectivity index is 0.00000169. The predicted octanol–water partition coefficient (Wildman–Crippen LogP) is 2.88. The summed E-state index contributed by atoms with van der Waals surface area (Å²) in [6.07, 6.45) is 0. The Bertz CT molecular complexity index is 266. The standard InChI is InChI=1S/C10H14ClNO.ClH/c1-10(2,12)7-13-9-5-3-8(11)4-6-9;/h3-6H,7,12H2,1-2H3;1H. The van der Waals surface area contributed by atoms with E-state index in [4.69, 9.17) is 22.1 Å². The highest BCUT2D eigenvalue weighted by Crippen LogP contribution is 2.16. The number of rotatable bonds is 3. The van der Waals surface area contributed by atoms with Crippen LogP contribution in [0.25, 0.3) is 0 Å². The van der Waals surface area contributed by atoms with Crippen LogP contribution in [0.2, 0.25) is 5.02 Å². The van der Waals surface area contributed by atoms with Crippen molar-refractivity contribution in [1.82, 2.24) is 0 Å². The summed E-state index contributed by atoms with van der Waals surface area (Å²) >= 11 is 5.72. The molecule has 1 aromatic rings. The van der Waals surface area contributed by atoms with Gasteiger partial charge in [-0.05, 0) is 38.1 Å². The average Bonchev–Trinajstić information content (AvgIpc) is 2.02. The summed E-state index contributed by atoms with van der Waals surface area (Å²) in [6.45, 7) is 4.33. The minimum Gasteiger partial charge on any atom is -0.492 e. The largest absolute Gasteiger partial charge is 0.492 e. The zero-order chi connectivity index (χ0) is 9.90. The molecule has 0 aromatic heterocycles. The lowest BCUT2D eigenvalue weighted by Crippen LogP contribution is -2.38. The van der Waals surface area contributed by atoms with Crippen molar-refractivity contribution in [3.8, 4) is 5.75 Å². The first kappa shape index (κ1) is 13.6. The number of nitrogens with two attached hydrogens (primary N) is 1. The fourth-order valence-electron chi connectivity index (χ4n) is 0.800. The zero-order valence-corrected chi connectivity index (χ0v) is 9.86. The molecule has 4 heteroatoms. The summed E-state index contributed by atoms with van der Waals surface area (Å²) in [5, 5.41) is 0.708. The molecule has 80 valence electrons. The number of hydrogen-bond donors (Lipinski definition) is 1. The lowest BCUT2D eigenvalue weighted by Gasteiger charge is -2.18. The van der Waals surface area contributed by atoms with E-state index in [9.17, 15) is 0 Å². The van der Waals surface area contributed by atoms with Crippen molar-refractivity contribution in [3.63, 3.8) is 0 Å². The van der Waals surface area contributed by atoms with E-state index in [0.29, 0.717) is 11.6 Å². The van der Waals surface area contributed by atoms with E-state index < -0.39 is 0 Å². The zero-order valence-electron chi connectivity index (χ0n) is 8.29. The van der Waals surface area contributed by atoms with Gasteiger partial charge in [0.2, 0.25) is 0 Å². The molecule has 0 amide bonds. The Morgan fingerprint density at radius 3 is 2.21 bits per heavy atom. The van der Waals surface area contributed by atoms with E-state index in [0.717, 1.165) is 5.75 Å². The molecule has 0 spiro atoms. The maximum Gasteiger partial charge on any atom is 0.119 e. The van der Waals surface area contributed by atoms with Crippen LogP contribution in [-0.4, -0.2) is 12.1 Å². The van der Waals surface area contributed by atoms with E-state index in [1.165, 1.54) is 0 Å². The molecule has 0 radical (unpaired) electrons. The SMILES string of the molecule is CC(C)(N)COc1ccc(Cl)cc1.Cl. The third-order valence-corrected chi connectivity index (χ3v) is 1.68. The van der Waals surface area contributed by atoms with Gasteiger partial charge < -0.3 is 10.5 Å². The van der Waals surface area contributed by atoms with E-state index in [1.54, 1.807) is 12.1 Å². The minimum atomic E-state index is -0.306. The lowest BCUT2D eigenvalue weighted by atomic mass is 10.1. The van der Waals surface area contributed by atoms with Gasteiger partial charge in [-0.1, -0.05) is 11.6 Å². The van der Waals surface area contributed by atoms with Crippen molar-refractivity contribution in [3.05, 3.63) is 29.3 Å². The molecule has 1 rings (SSSR count). The smallest absolute Gasteiger partial charge is 0.119 e. The van der Waals surface area contributed by atoms with Gasteiger partial charge in [0.15, 0.2) is 0 Å². The minimum absolute atomic E-state index is 0. The second-order valence-electron chi connectivity index (χ2n) is 3.73. The van der Waals surface area contributed by atoms with Gasteiger partial charge in [-0.2, -0.15) is 0 Å². The van der Waals surface area contributed by atoms with Crippen molar-refractivity contribution >= 4 is 24.0 Å². The molecule has 0 atom stereocenters. The van der Waals surface area contributed by atoms with Crippen LogP contribution >= 0.6 is 24.0 Å². The Morgan fingerprint density at radius 1 is 1.29 bits per heavy atom. The quantitative estimate of drug-likeness (QED) is 0.875. The van der Waals surface area contributed by atoms with Crippen LogP contribution in [-0.2, 0) is 0 Å². The summed E-state index contributed by atoms with van der Waals surface area (Å²) in [6, 6.07) is 7.24. The van der Waals surface area contributed by atoms with Gasteiger partial charge in [0.1, 0.15) is 12.4 Å². The maximum absolute atomic E-state index is 5.76. The van der Waals surface area contributed by atoms with E-state index in [2.05, 4.69) is 0 Å². The Kier molecular flexibility index (Phi) is 5.27. The summed E-state index contributed by atoms with van der Waals surface area (Å²) < 4.78 is 5.44. The van der Waals surface area contributed by atoms with Crippen LogP contribution in [0, 0.1) is 0 Å². The molecule has 14 heavy (non-hydrogen) atoms. The Morgan fingerprint density at radius 2 is 1.79 bits per heavy atom. The molecule has 0 bridgehead atoms. The average molecular weight is 236 g/mol. The van der Waals surface area contributed by atoms with Crippen LogP contribution in [0.4, 0.5) is 0 Å². The summed E-state index contributed by atoms with van der Waals surface area (Å²) in [5.41, 5.74) is 5.46. The Hall–Kier alpha value is -0.440. The van der Waals surface area contributed by atoms with Gasteiger partial charge in [-0.15, -0.1) is 12.4 Å². The second-order valence-corrected chi connectivity index (χ2v) is 4.17. The molecule has 0 saturated carbocycles. The van der Waals surface area contributed by atoms with Gasteiger partial charge >= 0.3 is 0 Å². The molecule has 0 saturated heterocycles. The number of benzene rings is 1. The predicted molar refractivity (Wildman–Crippen MR) is 62.5 cm³/mol. The first-order valence-corrected chi connectivity index (χ1v) is 4.52. The third-order valence-electron chi connectivity index (χ3n) is 1.42. The molecule has 1 aromatic carbocycles. The molecule has 0 fully saturated rings. The number of hydrogen-bond acceptors (Lipinski definition) is 2. The lowest BCUT2D eigenvalue weighted by molar-refractivity contribution is 0.243.